The topological polar surface area (TPSA) is 48.0 Å². The molecule has 4 heterocycles. The van der Waals surface area contributed by atoms with Crippen LogP contribution in [0.2, 0.25) is 0 Å². The molecule has 0 N–H and O–H groups in total. The molecule has 0 saturated heterocycles. The number of pyridine rings is 1. The van der Waals surface area contributed by atoms with E-state index < -0.39 is 0 Å². The van der Waals surface area contributed by atoms with Crippen molar-refractivity contribution in [1.82, 2.24) is 23.9 Å². The van der Waals surface area contributed by atoms with E-state index in [-0.39, 0.29) is 0 Å². The van der Waals surface area contributed by atoms with Crippen LogP contribution in [0.1, 0.15) is 0 Å². The lowest BCUT2D eigenvalue weighted by molar-refractivity contribution is 0.982. The van der Waals surface area contributed by atoms with Crippen LogP contribution in [0.15, 0.2) is 200 Å². The van der Waals surface area contributed by atoms with Crippen LogP contribution in [0, 0.1) is 0 Å². The molecule has 5 heteroatoms. The number of imidazole rings is 1. The molecule has 5 nitrogen and oxygen atoms in total. The summed E-state index contributed by atoms with van der Waals surface area (Å²) in [7, 11) is 0. The molecule has 0 bridgehead atoms. The molecule has 12 aromatic rings. The van der Waals surface area contributed by atoms with Crippen molar-refractivity contribution in [3.8, 4) is 50.7 Å². The third-order valence-corrected chi connectivity index (χ3v) is 11.5. The number of aromatic nitrogens is 5. The molecule has 0 saturated carbocycles. The third-order valence-electron chi connectivity index (χ3n) is 11.5. The molecule has 0 aliphatic rings. The van der Waals surface area contributed by atoms with Crippen molar-refractivity contribution in [3.63, 3.8) is 0 Å². The van der Waals surface area contributed by atoms with Gasteiger partial charge >= 0.3 is 0 Å². The number of hydrogen-bond donors (Lipinski definition) is 0. The Morgan fingerprint density at radius 2 is 0.897 bits per heavy atom. The van der Waals surface area contributed by atoms with Crippen molar-refractivity contribution in [2.45, 2.75) is 0 Å². The van der Waals surface area contributed by atoms with Crippen LogP contribution in [0.4, 0.5) is 0 Å². The predicted molar refractivity (Wildman–Crippen MR) is 239 cm³/mol. The first kappa shape index (κ1) is 32.4. The molecular formula is C53H33N5. The molecular weight excluding hydrogens is 707 g/mol. The fourth-order valence-electron chi connectivity index (χ4n) is 8.82. The smallest absolute Gasteiger partial charge is 0.221 e. The monoisotopic (exact) mass is 739 g/mol. The van der Waals surface area contributed by atoms with Crippen LogP contribution in [0.5, 0.6) is 0 Å². The van der Waals surface area contributed by atoms with E-state index in [0.717, 1.165) is 89.2 Å². The normalized spacial score (nSPS) is 11.8. The van der Waals surface area contributed by atoms with Gasteiger partial charge in [-0.25, -0.2) is 15.0 Å². The van der Waals surface area contributed by atoms with E-state index in [2.05, 4.69) is 191 Å². The van der Waals surface area contributed by atoms with E-state index in [1.807, 2.05) is 18.2 Å². The maximum Gasteiger partial charge on any atom is 0.221 e. The van der Waals surface area contributed by atoms with Gasteiger partial charge in [-0.15, -0.1) is 0 Å². The molecule has 8 aromatic carbocycles. The molecule has 0 atom stereocenters. The minimum Gasteiger partial charge on any atom is -0.278 e. The van der Waals surface area contributed by atoms with Crippen molar-refractivity contribution in [1.29, 1.82) is 0 Å². The van der Waals surface area contributed by atoms with Gasteiger partial charge in [-0.3, -0.25) is 8.97 Å². The SMILES string of the molecule is c1ccc(-c2cc(-c3cccc(-c4cc5c6ccccc6n(-c6nc7ccccc7c7nc8ccccc8n67)c5c5ccccc45)c3)cc(-c3ccccc3)n2)cc1. The van der Waals surface area contributed by atoms with E-state index in [1.54, 1.807) is 0 Å². The summed E-state index contributed by atoms with van der Waals surface area (Å²) in [6, 6.07) is 70.8. The molecule has 0 spiro atoms. The molecule has 58 heavy (non-hydrogen) atoms. The first-order valence-corrected chi connectivity index (χ1v) is 19.6. The minimum absolute atomic E-state index is 0.814. The molecule has 0 aliphatic heterocycles. The number of benzene rings is 8. The van der Waals surface area contributed by atoms with Crippen LogP contribution in [-0.4, -0.2) is 23.9 Å². The highest BCUT2D eigenvalue weighted by molar-refractivity contribution is 6.22. The van der Waals surface area contributed by atoms with E-state index >= 15 is 0 Å². The Balaban J connectivity index is 1.12. The lowest BCUT2D eigenvalue weighted by Crippen LogP contribution is -2.06. The van der Waals surface area contributed by atoms with Crippen LogP contribution in [0.25, 0.3) is 111 Å². The summed E-state index contributed by atoms with van der Waals surface area (Å²) in [6.45, 7) is 0. The first-order valence-electron chi connectivity index (χ1n) is 19.6. The Labute approximate surface area is 333 Å². The lowest BCUT2D eigenvalue weighted by atomic mass is 9.92. The Morgan fingerprint density at radius 3 is 1.64 bits per heavy atom. The van der Waals surface area contributed by atoms with Gasteiger partial charge in [-0.05, 0) is 82.2 Å². The molecule has 270 valence electrons. The van der Waals surface area contributed by atoms with E-state index in [1.165, 1.54) is 21.7 Å². The second-order valence-electron chi connectivity index (χ2n) is 14.8. The van der Waals surface area contributed by atoms with E-state index in [9.17, 15) is 0 Å². The van der Waals surface area contributed by atoms with Crippen molar-refractivity contribution in [2.24, 2.45) is 0 Å². The lowest BCUT2D eigenvalue weighted by Gasteiger charge is -2.15. The highest BCUT2D eigenvalue weighted by Gasteiger charge is 2.23. The van der Waals surface area contributed by atoms with Gasteiger partial charge in [0.1, 0.15) is 5.65 Å². The maximum absolute atomic E-state index is 5.44. The molecule has 0 fully saturated rings. The zero-order chi connectivity index (χ0) is 38.2. The second-order valence-corrected chi connectivity index (χ2v) is 14.8. The number of para-hydroxylation sites is 4. The highest BCUT2D eigenvalue weighted by Crippen LogP contribution is 2.43. The van der Waals surface area contributed by atoms with Gasteiger partial charge in [-0.2, -0.15) is 0 Å². The largest absolute Gasteiger partial charge is 0.278 e. The zero-order valence-electron chi connectivity index (χ0n) is 31.3. The maximum atomic E-state index is 5.44. The molecule has 0 amide bonds. The summed E-state index contributed by atoms with van der Waals surface area (Å²) < 4.78 is 4.59. The molecule has 0 aliphatic carbocycles. The number of nitrogens with zero attached hydrogens (tertiary/aromatic N) is 5. The molecule has 0 unspecified atom stereocenters. The van der Waals surface area contributed by atoms with Crippen molar-refractivity contribution < 1.29 is 0 Å². The number of rotatable bonds is 5. The van der Waals surface area contributed by atoms with Crippen LogP contribution < -0.4 is 0 Å². The van der Waals surface area contributed by atoms with Crippen molar-refractivity contribution in [2.75, 3.05) is 0 Å². The second kappa shape index (κ2) is 12.8. The van der Waals surface area contributed by atoms with Gasteiger partial charge in [0.15, 0.2) is 0 Å². The van der Waals surface area contributed by atoms with Crippen molar-refractivity contribution in [3.05, 3.63) is 200 Å². The fraction of sp³-hybridized carbons (Fsp3) is 0. The summed E-state index contributed by atoms with van der Waals surface area (Å²) in [5.41, 5.74) is 14.6. The summed E-state index contributed by atoms with van der Waals surface area (Å²) in [4.78, 5) is 15.8. The van der Waals surface area contributed by atoms with Gasteiger partial charge in [0.2, 0.25) is 5.95 Å². The summed E-state index contributed by atoms with van der Waals surface area (Å²) >= 11 is 0. The quantitative estimate of drug-likeness (QED) is 0.177. The Hall–Kier alpha value is -7.89. The zero-order valence-corrected chi connectivity index (χ0v) is 31.3. The van der Waals surface area contributed by atoms with Gasteiger partial charge in [-0.1, -0.05) is 146 Å². The predicted octanol–water partition coefficient (Wildman–Crippen LogP) is 13.3. The summed E-state index contributed by atoms with van der Waals surface area (Å²) in [5.74, 6) is 0.814. The Bertz CT molecular complexity index is 3510. The minimum atomic E-state index is 0.814. The van der Waals surface area contributed by atoms with Gasteiger partial charge in [0.25, 0.3) is 0 Å². The van der Waals surface area contributed by atoms with Crippen LogP contribution in [-0.2, 0) is 0 Å². The van der Waals surface area contributed by atoms with Gasteiger partial charge in [0.05, 0.1) is 39.0 Å². The van der Waals surface area contributed by atoms with E-state index in [0.29, 0.717) is 0 Å². The molecule has 12 rings (SSSR count). The first-order chi connectivity index (χ1) is 28.8. The van der Waals surface area contributed by atoms with E-state index in [4.69, 9.17) is 15.0 Å². The Kier molecular flexibility index (Phi) is 7.16. The van der Waals surface area contributed by atoms with Gasteiger partial charge < -0.3 is 0 Å². The van der Waals surface area contributed by atoms with Gasteiger partial charge in [0, 0.05) is 32.7 Å². The highest BCUT2D eigenvalue weighted by atomic mass is 15.2. The number of hydrogen-bond acceptors (Lipinski definition) is 3. The summed E-state index contributed by atoms with van der Waals surface area (Å²) in [6.07, 6.45) is 0. The van der Waals surface area contributed by atoms with Crippen molar-refractivity contribution >= 4 is 60.2 Å². The average Bonchev–Trinajstić information content (AvgIpc) is 3.86. The van der Waals surface area contributed by atoms with Crippen LogP contribution >= 0.6 is 0 Å². The fourth-order valence-corrected chi connectivity index (χ4v) is 8.82. The average molecular weight is 740 g/mol. The standard InChI is InChI=1S/C53H33N5/c1-3-16-34(17-4-1)47-31-38(32-48(54-47)35-18-5-2-6-19-35)36-20-15-21-37(30-36)43-33-44-40-23-10-13-28-49(40)57(51(44)41-24-8-7-22-39(41)43)53-56-45-26-11-9-25-42(45)52-55-46-27-12-14-29-50(46)58(52)53/h1-33H. The third kappa shape index (κ3) is 5.00. The van der Waals surface area contributed by atoms with Crippen LogP contribution in [0.3, 0.4) is 0 Å². The molecule has 0 radical (unpaired) electrons. The Morgan fingerprint density at radius 1 is 0.328 bits per heavy atom. The molecule has 4 aromatic heterocycles. The summed E-state index contributed by atoms with van der Waals surface area (Å²) in [5, 5.41) is 5.70. The number of fused-ring (bicyclic) bond motifs is 10.